The maximum absolute atomic E-state index is 14.2. The van der Waals surface area contributed by atoms with Crippen molar-refractivity contribution in [2.45, 2.75) is 6.18 Å². The highest BCUT2D eigenvalue weighted by Gasteiger charge is 2.34. The van der Waals surface area contributed by atoms with Gasteiger partial charge in [0.2, 0.25) is 0 Å². The van der Waals surface area contributed by atoms with E-state index < -0.39 is 11.7 Å². The number of hydrogen-bond acceptors (Lipinski definition) is 3. The number of H-pyrrole nitrogens is 2. The molecule has 0 radical (unpaired) electrons. The van der Waals surface area contributed by atoms with E-state index in [1.54, 1.807) is 18.3 Å². The lowest BCUT2D eigenvalue weighted by Crippen LogP contribution is -2.05. The minimum atomic E-state index is -4.62. The maximum atomic E-state index is 14.2. The van der Waals surface area contributed by atoms with E-state index in [0.29, 0.717) is 22.3 Å². The summed E-state index contributed by atoms with van der Waals surface area (Å²) in [4.78, 5) is 11.2. The topological polar surface area (TPSA) is 69.2 Å². The van der Waals surface area contributed by atoms with E-state index in [1.807, 2.05) is 79.0 Å². The van der Waals surface area contributed by atoms with Crippen molar-refractivity contribution in [1.82, 2.24) is 15.0 Å². The second-order valence-electron chi connectivity index (χ2n) is 9.47. The maximum Gasteiger partial charge on any atom is 0.418 e. The van der Waals surface area contributed by atoms with Crippen molar-refractivity contribution >= 4 is 44.1 Å². The van der Waals surface area contributed by atoms with Gasteiger partial charge in [-0.2, -0.15) is 13.2 Å². The molecule has 0 unspecified atom stereocenters. The molecule has 3 aromatic heterocycles. The number of halogens is 3. The number of azo groups is 1. The smallest absolute Gasteiger partial charge is 0.360 e. The Morgan fingerprint density at radius 2 is 1.32 bits per heavy atom. The summed E-state index contributed by atoms with van der Waals surface area (Å²) in [5, 5.41) is 10.7. The van der Waals surface area contributed by atoms with Crippen molar-refractivity contribution in [3.63, 3.8) is 0 Å². The molecule has 0 atom stereocenters. The van der Waals surface area contributed by atoms with Gasteiger partial charge in [-0.1, -0.05) is 60.7 Å². The first kappa shape index (κ1) is 23.8. The van der Waals surface area contributed by atoms with Gasteiger partial charge in [-0.25, -0.2) is 4.98 Å². The number of pyridine rings is 1. The van der Waals surface area contributed by atoms with Crippen molar-refractivity contribution in [3.8, 4) is 22.4 Å². The molecule has 0 aliphatic heterocycles. The van der Waals surface area contributed by atoms with E-state index in [2.05, 4.69) is 20.2 Å². The van der Waals surface area contributed by atoms with E-state index in [-0.39, 0.29) is 5.69 Å². The number of nitrogens with one attached hydrogen (secondary N) is 2. The van der Waals surface area contributed by atoms with Crippen LogP contribution in [0.5, 0.6) is 0 Å². The summed E-state index contributed by atoms with van der Waals surface area (Å²) in [7, 11) is 0. The van der Waals surface area contributed by atoms with Gasteiger partial charge in [0.15, 0.2) is 0 Å². The summed E-state index contributed by atoms with van der Waals surface area (Å²) in [5.74, 6) is 0. The van der Waals surface area contributed by atoms with Crippen LogP contribution in [0.4, 0.5) is 24.5 Å². The molecule has 0 saturated heterocycles. The fourth-order valence-corrected chi connectivity index (χ4v) is 5.10. The normalized spacial score (nSPS) is 12.3. The number of aromatic nitrogens is 3. The molecule has 2 N–H and O–H groups in total. The Hall–Kier alpha value is -5.24. The van der Waals surface area contributed by atoms with Crippen LogP contribution in [0.2, 0.25) is 0 Å². The third-order valence-corrected chi connectivity index (χ3v) is 7.04. The monoisotopic (exact) mass is 531 g/mol. The molecule has 7 aromatic rings. The number of hydrogen-bond donors (Lipinski definition) is 2. The fourth-order valence-electron chi connectivity index (χ4n) is 5.10. The zero-order valence-electron chi connectivity index (χ0n) is 20.9. The van der Waals surface area contributed by atoms with Crippen molar-refractivity contribution in [3.05, 3.63) is 115 Å². The van der Waals surface area contributed by atoms with Crippen molar-refractivity contribution in [2.75, 3.05) is 0 Å². The van der Waals surface area contributed by atoms with Gasteiger partial charge in [0.25, 0.3) is 0 Å². The summed E-state index contributed by atoms with van der Waals surface area (Å²) < 4.78 is 42.6. The van der Waals surface area contributed by atoms with Crippen molar-refractivity contribution < 1.29 is 13.2 Å². The average molecular weight is 532 g/mol. The van der Waals surface area contributed by atoms with Crippen molar-refractivity contribution in [1.29, 1.82) is 0 Å². The first-order valence-corrected chi connectivity index (χ1v) is 12.6. The molecule has 40 heavy (non-hydrogen) atoms. The van der Waals surface area contributed by atoms with Gasteiger partial charge in [-0.05, 0) is 47.5 Å². The molecule has 3 heterocycles. The van der Waals surface area contributed by atoms with Crippen LogP contribution in [0.1, 0.15) is 5.56 Å². The number of para-hydroxylation sites is 2. The Labute approximate surface area is 226 Å². The zero-order valence-corrected chi connectivity index (χ0v) is 20.9. The lowest BCUT2D eigenvalue weighted by Gasteiger charge is -2.13. The summed E-state index contributed by atoms with van der Waals surface area (Å²) >= 11 is 0. The van der Waals surface area contributed by atoms with Crippen molar-refractivity contribution in [2.24, 2.45) is 10.2 Å². The number of nitrogens with zero attached hydrogens (tertiary/aromatic N) is 3. The number of rotatable bonds is 4. The predicted octanol–water partition coefficient (Wildman–Crippen LogP) is 9.97. The lowest BCUT2D eigenvalue weighted by atomic mass is 9.97. The van der Waals surface area contributed by atoms with Gasteiger partial charge in [0.1, 0.15) is 5.69 Å². The van der Waals surface area contributed by atoms with E-state index in [0.717, 1.165) is 44.5 Å². The number of fused-ring (bicyclic) bond motifs is 3. The van der Waals surface area contributed by atoms with Crippen LogP contribution < -0.4 is 0 Å². The molecule has 0 aliphatic rings. The van der Waals surface area contributed by atoms with E-state index in [1.165, 1.54) is 6.07 Å². The summed E-state index contributed by atoms with van der Waals surface area (Å²) in [5.41, 5.74) is 4.73. The molecule has 0 aliphatic carbocycles. The average Bonchev–Trinajstić information content (AvgIpc) is 3.59. The standard InChI is InChI=1S/C32H20F3N5/c33-32(34,35)25-16-19(12-14-30(25)39-40-31-18-37-27-10-4-2-7-23(27)31)20-8-5-11-28-22(20)13-15-29(38-28)24-17-36-26-9-3-1-6-21(24)26/h1-18,36-37H/b40-39+. The summed E-state index contributed by atoms with van der Waals surface area (Å²) in [6.45, 7) is 0. The van der Waals surface area contributed by atoms with Crippen LogP contribution in [-0.4, -0.2) is 15.0 Å². The van der Waals surface area contributed by atoms with Crippen LogP contribution in [0.3, 0.4) is 0 Å². The fraction of sp³-hybridized carbons (Fsp3) is 0.0312. The van der Waals surface area contributed by atoms with Crippen LogP contribution in [0.25, 0.3) is 55.1 Å². The number of aromatic amines is 2. The summed E-state index contributed by atoms with van der Waals surface area (Å²) in [6, 6.07) is 28.8. The second kappa shape index (κ2) is 9.20. The Morgan fingerprint density at radius 3 is 2.15 bits per heavy atom. The molecule has 194 valence electrons. The van der Waals surface area contributed by atoms with Crippen LogP contribution in [-0.2, 0) is 6.18 Å². The van der Waals surface area contributed by atoms with E-state index >= 15 is 0 Å². The first-order chi connectivity index (χ1) is 19.5. The van der Waals surface area contributed by atoms with Crippen LogP contribution in [0, 0.1) is 0 Å². The molecule has 0 saturated carbocycles. The molecule has 0 amide bonds. The van der Waals surface area contributed by atoms with Crippen LogP contribution in [0.15, 0.2) is 120 Å². The van der Waals surface area contributed by atoms with E-state index in [9.17, 15) is 13.2 Å². The molecule has 0 fully saturated rings. The quantitative estimate of drug-likeness (QED) is 0.218. The minimum Gasteiger partial charge on any atom is -0.360 e. The summed E-state index contributed by atoms with van der Waals surface area (Å²) in [6.07, 6.45) is -1.07. The van der Waals surface area contributed by atoms with Gasteiger partial charge >= 0.3 is 6.18 Å². The Kier molecular flexibility index (Phi) is 5.48. The largest absolute Gasteiger partial charge is 0.418 e. The van der Waals surface area contributed by atoms with Crippen LogP contribution >= 0.6 is 0 Å². The third-order valence-electron chi connectivity index (χ3n) is 7.04. The first-order valence-electron chi connectivity index (χ1n) is 12.6. The van der Waals surface area contributed by atoms with Gasteiger partial charge in [0, 0.05) is 45.1 Å². The lowest BCUT2D eigenvalue weighted by molar-refractivity contribution is -0.137. The van der Waals surface area contributed by atoms with Gasteiger partial charge in [0.05, 0.1) is 22.5 Å². The predicted molar refractivity (Wildman–Crippen MR) is 152 cm³/mol. The van der Waals surface area contributed by atoms with Gasteiger partial charge < -0.3 is 9.97 Å². The Balaban J connectivity index is 1.29. The highest BCUT2D eigenvalue weighted by atomic mass is 19.4. The number of alkyl halides is 3. The molecule has 4 aromatic carbocycles. The SMILES string of the molecule is FC(F)(F)c1cc(-c2cccc3nc(-c4c[nH]c5ccccc45)ccc23)ccc1/N=N/c1c[nH]c2ccccc12. The molecule has 0 spiro atoms. The highest BCUT2D eigenvalue weighted by Crippen LogP contribution is 2.41. The number of benzene rings is 4. The minimum absolute atomic E-state index is 0.249. The van der Waals surface area contributed by atoms with Gasteiger partial charge in [-0.3, -0.25) is 0 Å². The molecular weight excluding hydrogens is 511 g/mol. The Morgan fingerprint density at radius 1 is 0.600 bits per heavy atom. The third kappa shape index (κ3) is 4.10. The zero-order chi connectivity index (χ0) is 27.3. The van der Waals surface area contributed by atoms with E-state index in [4.69, 9.17) is 4.98 Å². The molecule has 7 rings (SSSR count). The second-order valence-corrected chi connectivity index (χ2v) is 9.47. The van der Waals surface area contributed by atoms with Gasteiger partial charge in [-0.15, -0.1) is 10.2 Å². The highest BCUT2D eigenvalue weighted by molar-refractivity contribution is 5.99. The molecular formula is C32H20F3N5. The Bertz CT molecular complexity index is 2070. The molecule has 0 bridgehead atoms. The molecule has 8 heteroatoms. The molecule has 5 nitrogen and oxygen atoms in total.